The zero-order valence-electron chi connectivity index (χ0n) is 11.5. The zero-order chi connectivity index (χ0) is 17.4. The number of halogens is 5. The number of benzene rings is 2. The lowest BCUT2D eigenvalue weighted by Crippen LogP contribution is -2.05. The molecule has 3 nitrogen and oxygen atoms in total. The molecule has 23 heavy (non-hydrogen) atoms. The fourth-order valence-corrected chi connectivity index (χ4v) is 2.91. The average molecular weight is 384 g/mol. The van der Waals surface area contributed by atoms with Crippen molar-refractivity contribution in [3.05, 3.63) is 51.5 Å². The standard InChI is InChI=1S/C14H8Cl2F3O3P/c1-7-4-10(16)13(23(20)21)6-12(7)22-11-3-2-8(5-9(11)15)14(17,18)19/h2-6H,1H3/p+1. The number of hydrogen-bond acceptors (Lipinski definition) is 2. The highest BCUT2D eigenvalue weighted by molar-refractivity contribution is 7.47. The molecule has 0 fully saturated rings. The molecule has 1 atom stereocenters. The van der Waals surface area contributed by atoms with Crippen LogP contribution in [0.5, 0.6) is 11.5 Å². The predicted molar refractivity (Wildman–Crippen MR) is 82.2 cm³/mol. The van der Waals surface area contributed by atoms with Gasteiger partial charge in [-0.3, -0.25) is 0 Å². The van der Waals surface area contributed by atoms with Gasteiger partial charge >= 0.3 is 14.2 Å². The molecule has 0 heterocycles. The summed E-state index contributed by atoms with van der Waals surface area (Å²) in [4.78, 5) is 9.18. The van der Waals surface area contributed by atoms with E-state index in [1.807, 2.05) is 0 Å². The lowest BCUT2D eigenvalue weighted by Gasteiger charge is -2.12. The van der Waals surface area contributed by atoms with E-state index in [9.17, 15) is 22.6 Å². The van der Waals surface area contributed by atoms with Gasteiger partial charge in [-0.15, -0.1) is 0 Å². The summed E-state index contributed by atoms with van der Waals surface area (Å²) in [7, 11) is -2.69. The maximum absolute atomic E-state index is 12.6. The third-order valence-electron chi connectivity index (χ3n) is 2.93. The van der Waals surface area contributed by atoms with Crippen LogP contribution >= 0.6 is 31.2 Å². The Morgan fingerprint density at radius 2 is 1.74 bits per heavy atom. The number of ether oxygens (including phenoxy) is 1. The second-order valence-corrected chi connectivity index (χ2v) is 6.43. The first kappa shape index (κ1) is 18.0. The highest BCUT2D eigenvalue weighted by atomic mass is 35.5. The van der Waals surface area contributed by atoms with Crippen LogP contribution in [0.2, 0.25) is 10.0 Å². The van der Waals surface area contributed by atoms with Crippen LogP contribution in [0.15, 0.2) is 30.3 Å². The van der Waals surface area contributed by atoms with Gasteiger partial charge in [-0.05, 0) is 41.3 Å². The molecule has 122 valence electrons. The number of hydrogen-bond donors (Lipinski definition) is 1. The minimum atomic E-state index is -4.51. The lowest BCUT2D eigenvalue weighted by molar-refractivity contribution is -0.137. The molecule has 2 rings (SSSR count). The Labute approximate surface area is 140 Å². The van der Waals surface area contributed by atoms with Gasteiger partial charge in [0.1, 0.15) is 11.5 Å². The van der Waals surface area contributed by atoms with Crippen molar-refractivity contribution in [1.29, 1.82) is 0 Å². The molecule has 0 aliphatic rings. The molecule has 0 saturated carbocycles. The SMILES string of the molecule is Cc1cc(Cl)c([P+](=O)O)cc1Oc1ccc(C(F)(F)F)cc1Cl. The van der Waals surface area contributed by atoms with Crippen molar-refractivity contribution in [2.75, 3.05) is 0 Å². The molecule has 0 amide bonds. The summed E-state index contributed by atoms with van der Waals surface area (Å²) in [5.41, 5.74) is -0.367. The van der Waals surface area contributed by atoms with Crippen molar-refractivity contribution >= 4 is 36.5 Å². The molecule has 0 saturated heterocycles. The summed E-state index contributed by atoms with van der Waals surface area (Å²) in [6.45, 7) is 1.63. The molecule has 0 spiro atoms. The zero-order valence-corrected chi connectivity index (χ0v) is 13.9. The number of rotatable bonds is 3. The molecule has 0 radical (unpaired) electrons. The molecular formula is C14H9Cl2F3O3P+. The number of aryl methyl sites for hydroxylation is 1. The van der Waals surface area contributed by atoms with Crippen molar-refractivity contribution in [3.63, 3.8) is 0 Å². The summed E-state index contributed by atoms with van der Waals surface area (Å²) in [5.74, 6) is 0.160. The van der Waals surface area contributed by atoms with Crippen LogP contribution in [0.3, 0.4) is 0 Å². The Morgan fingerprint density at radius 3 is 2.26 bits per heavy atom. The van der Waals surface area contributed by atoms with Crippen molar-refractivity contribution in [2.45, 2.75) is 13.1 Å². The van der Waals surface area contributed by atoms with E-state index < -0.39 is 19.8 Å². The van der Waals surface area contributed by atoms with Gasteiger partial charge < -0.3 is 4.74 Å². The van der Waals surface area contributed by atoms with Crippen molar-refractivity contribution in [3.8, 4) is 11.5 Å². The fraction of sp³-hybridized carbons (Fsp3) is 0.143. The van der Waals surface area contributed by atoms with Crippen molar-refractivity contribution in [1.82, 2.24) is 0 Å². The quantitative estimate of drug-likeness (QED) is 0.714. The molecule has 1 unspecified atom stereocenters. The van der Waals surface area contributed by atoms with E-state index in [2.05, 4.69) is 0 Å². The van der Waals surface area contributed by atoms with Gasteiger partial charge in [-0.1, -0.05) is 23.2 Å². The van der Waals surface area contributed by atoms with Crippen LogP contribution in [-0.4, -0.2) is 4.89 Å². The van der Waals surface area contributed by atoms with E-state index in [-0.39, 0.29) is 26.8 Å². The van der Waals surface area contributed by atoms with Crippen molar-refractivity contribution < 1.29 is 27.4 Å². The monoisotopic (exact) mass is 383 g/mol. The second-order valence-electron chi connectivity index (χ2n) is 4.59. The maximum Gasteiger partial charge on any atom is 0.547 e. The fourth-order valence-electron chi connectivity index (χ4n) is 1.78. The third kappa shape index (κ3) is 4.15. The Morgan fingerprint density at radius 1 is 1.09 bits per heavy atom. The van der Waals surface area contributed by atoms with Gasteiger partial charge in [0.25, 0.3) is 0 Å². The summed E-state index contributed by atoms with van der Waals surface area (Å²) < 4.78 is 54.5. The van der Waals surface area contributed by atoms with Crippen LogP contribution < -0.4 is 10.0 Å². The Balaban J connectivity index is 2.40. The van der Waals surface area contributed by atoms with E-state index in [0.717, 1.165) is 18.2 Å². The van der Waals surface area contributed by atoms with Crippen LogP contribution in [-0.2, 0) is 10.7 Å². The second kappa shape index (κ2) is 6.65. The van der Waals surface area contributed by atoms with Crippen LogP contribution in [0.1, 0.15) is 11.1 Å². The summed E-state index contributed by atoms with van der Waals surface area (Å²) in [6, 6.07) is 5.34. The average Bonchev–Trinajstić information content (AvgIpc) is 2.42. The molecule has 2 aromatic carbocycles. The van der Waals surface area contributed by atoms with Gasteiger partial charge in [0.15, 0.2) is 0 Å². The summed E-state index contributed by atoms with van der Waals surface area (Å²) in [6.07, 6.45) is -4.51. The van der Waals surface area contributed by atoms with Crippen LogP contribution in [0.25, 0.3) is 0 Å². The summed E-state index contributed by atoms with van der Waals surface area (Å²) in [5, 5.41) is -0.175. The molecular weight excluding hydrogens is 375 g/mol. The highest BCUT2D eigenvalue weighted by Crippen LogP contribution is 2.37. The van der Waals surface area contributed by atoms with E-state index in [1.165, 1.54) is 12.1 Å². The molecule has 0 aliphatic heterocycles. The Kier molecular flexibility index (Phi) is 5.21. The molecule has 0 aliphatic carbocycles. The van der Waals surface area contributed by atoms with Gasteiger partial charge in [0, 0.05) is 6.07 Å². The van der Waals surface area contributed by atoms with E-state index in [0.29, 0.717) is 5.56 Å². The first-order valence-corrected chi connectivity index (χ1v) is 8.07. The minimum absolute atomic E-state index is 0.00999. The van der Waals surface area contributed by atoms with Gasteiger partial charge in [-0.2, -0.15) is 18.1 Å². The van der Waals surface area contributed by atoms with E-state index in [4.69, 9.17) is 27.9 Å². The molecule has 2 aromatic rings. The topological polar surface area (TPSA) is 46.5 Å². The van der Waals surface area contributed by atoms with E-state index in [1.54, 1.807) is 6.92 Å². The number of alkyl halides is 3. The van der Waals surface area contributed by atoms with Crippen molar-refractivity contribution in [2.24, 2.45) is 0 Å². The highest BCUT2D eigenvalue weighted by Gasteiger charge is 2.31. The normalized spacial score (nSPS) is 12.2. The van der Waals surface area contributed by atoms with Gasteiger partial charge in [0.2, 0.25) is 5.30 Å². The largest absolute Gasteiger partial charge is 0.547 e. The third-order valence-corrected chi connectivity index (χ3v) is 4.45. The first-order valence-electron chi connectivity index (χ1n) is 6.10. The van der Waals surface area contributed by atoms with Gasteiger partial charge in [0.05, 0.1) is 15.6 Å². The Hall–Kier alpha value is -1.33. The molecule has 0 bridgehead atoms. The van der Waals surface area contributed by atoms with Crippen LogP contribution in [0.4, 0.5) is 13.2 Å². The molecule has 1 N–H and O–H groups in total. The van der Waals surface area contributed by atoms with Gasteiger partial charge in [-0.25, -0.2) is 0 Å². The lowest BCUT2D eigenvalue weighted by atomic mass is 10.2. The first-order chi connectivity index (χ1) is 10.6. The summed E-state index contributed by atoms with van der Waals surface area (Å²) >= 11 is 11.7. The van der Waals surface area contributed by atoms with E-state index >= 15 is 0 Å². The maximum atomic E-state index is 12.6. The smallest absolute Gasteiger partial charge is 0.455 e. The predicted octanol–water partition coefficient (Wildman–Crippen LogP) is 5.47. The minimum Gasteiger partial charge on any atom is -0.455 e. The molecule has 9 heteroatoms. The molecule has 0 aromatic heterocycles. The Bertz CT molecular complexity index is 779. The van der Waals surface area contributed by atoms with Crippen LogP contribution in [0, 0.1) is 6.92 Å².